The molecule has 0 radical (unpaired) electrons. The average molecular weight is 392 g/mol. The van der Waals surface area contributed by atoms with Crippen molar-refractivity contribution in [2.45, 2.75) is 26.8 Å². The summed E-state index contributed by atoms with van der Waals surface area (Å²) in [6.45, 7) is 4.52. The second-order valence-corrected chi connectivity index (χ2v) is 6.21. The Kier molecular flexibility index (Phi) is 5.19. The molecule has 0 atom stereocenters. The third-order valence-corrected chi connectivity index (χ3v) is 4.36. The van der Waals surface area contributed by atoms with Crippen molar-refractivity contribution in [1.29, 1.82) is 0 Å². The minimum atomic E-state index is -0.244. The number of para-hydroxylation sites is 1. The first-order valence-corrected chi connectivity index (χ1v) is 9.36. The number of aromatic nitrogens is 5. The van der Waals surface area contributed by atoms with Gasteiger partial charge in [0, 0.05) is 12.6 Å². The van der Waals surface area contributed by atoms with Crippen LogP contribution in [0.4, 0.5) is 0 Å². The predicted molar refractivity (Wildman–Crippen MR) is 104 cm³/mol. The third-order valence-electron chi connectivity index (χ3n) is 4.36. The summed E-state index contributed by atoms with van der Waals surface area (Å²) in [6.07, 6.45) is 2.51. The summed E-state index contributed by atoms with van der Waals surface area (Å²) in [5.74, 6) is 1.90. The van der Waals surface area contributed by atoms with Crippen molar-refractivity contribution in [1.82, 2.24) is 30.1 Å². The van der Waals surface area contributed by atoms with Crippen molar-refractivity contribution in [2.24, 2.45) is 0 Å². The molecule has 0 unspecified atom stereocenters. The van der Waals surface area contributed by atoms with Gasteiger partial charge in [-0.05, 0) is 31.2 Å². The molecule has 0 saturated carbocycles. The van der Waals surface area contributed by atoms with Gasteiger partial charge < -0.3 is 14.6 Å². The zero-order chi connectivity index (χ0) is 20.2. The van der Waals surface area contributed by atoms with E-state index in [-0.39, 0.29) is 12.5 Å². The number of benzene rings is 1. The van der Waals surface area contributed by atoms with Crippen LogP contribution in [-0.4, -0.2) is 37.3 Å². The van der Waals surface area contributed by atoms with E-state index in [0.29, 0.717) is 53.1 Å². The lowest BCUT2D eigenvalue weighted by Gasteiger charge is -2.10. The molecule has 3 heterocycles. The summed E-state index contributed by atoms with van der Waals surface area (Å²) in [7, 11) is 0. The molecule has 9 nitrogen and oxygen atoms in total. The highest BCUT2D eigenvalue weighted by molar-refractivity contribution is 5.96. The highest BCUT2D eigenvalue weighted by Gasteiger charge is 2.17. The third kappa shape index (κ3) is 3.66. The lowest BCUT2D eigenvalue weighted by atomic mass is 10.2. The van der Waals surface area contributed by atoms with E-state index in [9.17, 15) is 4.79 Å². The molecular weight excluding hydrogens is 372 g/mol. The van der Waals surface area contributed by atoms with Gasteiger partial charge >= 0.3 is 0 Å². The molecule has 1 N–H and O–H groups in total. The fourth-order valence-corrected chi connectivity index (χ4v) is 2.95. The summed E-state index contributed by atoms with van der Waals surface area (Å²) in [5, 5.41) is 15.2. The van der Waals surface area contributed by atoms with Crippen molar-refractivity contribution in [3.8, 4) is 17.2 Å². The van der Waals surface area contributed by atoms with Crippen LogP contribution < -0.4 is 10.1 Å². The van der Waals surface area contributed by atoms with Crippen molar-refractivity contribution >= 4 is 11.6 Å². The Balaban J connectivity index is 1.57. The van der Waals surface area contributed by atoms with Crippen LogP contribution in [-0.2, 0) is 13.0 Å². The van der Waals surface area contributed by atoms with E-state index >= 15 is 0 Å². The number of hydrogen-bond acceptors (Lipinski definition) is 7. The van der Waals surface area contributed by atoms with Gasteiger partial charge in [-0.15, -0.1) is 10.2 Å². The Bertz CT molecular complexity index is 1150. The molecule has 0 spiro atoms. The van der Waals surface area contributed by atoms with Crippen LogP contribution in [0.5, 0.6) is 5.75 Å². The van der Waals surface area contributed by atoms with Crippen LogP contribution in [0.25, 0.3) is 17.1 Å². The number of rotatable bonds is 7. The summed E-state index contributed by atoms with van der Waals surface area (Å²) < 4.78 is 12.6. The Hall–Kier alpha value is -3.75. The van der Waals surface area contributed by atoms with Crippen LogP contribution in [0.1, 0.15) is 35.9 Å². The lowest BCUT2D eigenvalue weighted by Crippen LogP contribution is -2.24. The maximum absolute atomic E-state index is 12.6. The molecule has 148 valence electrons. The molecule has 0 fully saturated rings. The highest BCUT2D eigenvalue weighted by atomic mass is 16.5. The normalized spacial score (nSPS) is 11.0. The molecule has 9 heteroatoms. The smallest absolute Gasteiger partial charge is 0.261 e. The second-order valence-electron chi connectivity index (χ2n) is 6.21. The van der Waals surface area contributed by atoms with E-state index in [0.717, 1.165) is 0 Å². The van der Waals surface area contributed by atoms with E-state index in [1.54, 1.807) is 22.6 Å². The number of nitrogens with one attached hydrogen (secondary N) is 1. The van der Waals surface area contributed by atoms with Gasteiger partial charge in [0.15, 0.2) is 17.3 Å². The molecule has 1 aromatic carbocycles. The number of hydrogen-bond donors (Lipinski definition) is 1. The van der Waals surface area contributed by atoms with Gasteiger partial charge in [-0.1, -0.05) is 24.2 Å². The van der Waals surface area contributed by atoms with Gasteiger partial charge in [-0.2, -0.15) is 4.98 Å². The van der Waals surface area contributed by atoms with E-state index in [1.165, 1.54) is 0 Å². The van der Waals surface area contributed by atoms with Crippen molar-refractivity contribution in [2.75, 3.05) is 6.61 Å². The quantitative estimate of drug-likeness (QED) is 0.515. The summed E-state index contributed by atoms with van der Waals surface area (Å²) in [5.41, 5.74) is 1.74. The van der Waals surface area contributed by atoms with Gasteiger partial charge in [0.1, 0.15) is 5.75 Å². The van der Waals surface area contributed by atoms with Crippen LogP contribution in [0.2, 0.25) is 0 Å². The fraction of sp³-hybridized carbons (Fsp3) is 0.250. The molecule has 29 heavy (non-hydrogen) atoms. The first-order chi connectivity index (χ1) is 14.2. The molecule has 0 saturated heterocycles. The first-order valence-electron chi connectivity index (χ1n) is 9.36. The molecule has 4 rings (SSSR count). The number of nitrogens with zero attached hydrogens (tertiary/aromatic N) is 5. The lowest BCUT2D eigenvalue weighted by molar-refractivity contribution is 0.0946. The number of carbonyl (C=O) groups excluding carboxylic acids is 1. The first kappa shape index (κ1) is 18.6. The van der Waals surface area contributed by atoms with Crippen molar-refractivity contribution in [3.63, 3.8) is 0 Å². The second kappa shape index (κ2) is 8.09. The van der Waals surface area contributed by atoms with E-state index < -0.39 is 0 Å². The number of aryl methyl sites for hydroxylation is 1. The molecular formula is C20H20N6O3. The van der Waals surface area contributed by atoms with E-state index in [1.807, 2.05) is 38.2 Å². The van der Waals surface area contributed by atoms with Gasteiger partial charge in [-0.3, -0.25) is 9.20 Å². The summed E-state index contributed by atoms with van der Waals surface area (Å²) in [6, 6.07) is 10.8. The number of ether oxygens (including phenoxy) is 1. The molecule has 3 aromatic heterocycles. The van der Waals surface area contributed by atoms with Crippen molar-refractivity contribution in [3.05, 3.63) is 59.8 Å². The SMILES string of the molecule is CCOc1ccccc1C(=O)NCc1nnc2c(-c3nc(CC)no3)cccn12. The number of carbonyl (C=O) groups is 1. The molecule has 0 bridgehead atoms. The summed E-state index contributed by atoms with van der Waals surface area (Å²) in [4.78, 5) is 17.0. The standard InChI is InChI=1S/C20H20N6O3/c1-3-16-22-20(29-25-16)14-9-7-11-26-17(23-24-18(14)26)12-21-19(27)13-8-5-6-10-15(13)28-4-2/h5-11H,3-4,12H2,1-2H3,(H,21,27). The summed E-state index contributed by atoms with van der Waals surface area (Å²) >= 11 is 0. The zero-order valence-corrected chi connectivity index (χ0v) is 16.1. The van der Waals surface area contributed by atoms with Crippen LogP contribution in [0.3, 0.4) is 0 Å². The van der Waals surface area contributed by atoms with Gasteiger partial charge in [0.2, 0.25) is 0 Å². The molecule has 1 amide bonds. The minimum absolute atomic E-state index is 0.202. The maximum Gasteiger partial charge on any atom is 0.261 e. The van der Waals surface area contributed by atoms with Crippen LogP contribution in [0, 0.1) is 0 Å². The number of fused-ring (bicyclic) bond motifs is 1. The Labute approximate surface area is 166 Å². The molecule has 4 aromatic rings. The van der Waals surface area contributed by atoms with Gasteiger partial charge in [-0.25, -0.2) is 0 Å². The minimum Gasteiger partial charge on any atom is -0.493 e. The molecule has 0 aliphatic carbocycles. The monoisotopic (exact) mass is 392 g/mol. The number of pyridine rings is 1. The molecule has 0 aliphatic heterocycles. The highest BCUT2D eigenvalue weighted by Crippen LogP contribution is 2.22. The zero-order valence-electron chi connectivity index (χ0n) is 16.1. The Morgan fingerprint density at radius 2 is 2.03 bits per heavy atom. The Morgan fingerprint density at radius 1 is 1.17 bits per heavy atom. The van der Waals surface area contributed by atoms with E-state index in [4.69, 9.17) is 9.26 Å². The fourth-order valence-electron chi connectivity index (χ4n) is 2.95. The van der Waals surface area contributed by atoms with E-state index in [2.05, 4.69) is 25.7 Å². The largest absolute Gasteiger partial charge is 0.493 e. The molecule has 0 aliphatic rings. The predicted octanol–water partition coefficient (Wildman–Crippen LogP) is 2.67. The van der Waals surface area contributed by atoms with Gasteiger partial charge in [0.05, 0.1) is 24.3 Å². The van der Waals surface area contributed by atoms with Gasteiger partial charge in [0.25, 0.3) is 11.8 Å². The Morgan fingerprint density at radius 3 is 2.83 bits per heavy atom. The maximum atomic E-state index is 12.6. The average Bonchev–Trinajstić information content (AvgIpc) is 3.39. The van der Waals surface area contributed by atoms with Crippen molar-refractivity contribution < 1.29 is 14.1 Å². The topological polar surface area (TPSA) is 107 Å². The van der Waals surface area contributed by atoms with Crippen LogP contribution >= 0.6 is 0 Å². The number of amides is 1. The van der Waals surface area contributed by atoms with Crippen LogP contribution in [0.15, 0.2) is 47.1 Å².